The summed E-state index contributed by atoms with van der Waals surface area (Å²) < 4.78 is 13.4. The number of para-hydroxylation sites is 5. The SMILES string of the molecule is Cc1c2c3c(cccc3c3cc(N(c4cccc5ccccc45)c4cccc5c4oc4ccccc45)ccc13)C(C)(C)c1cc(N(c3ccccc3)c3cccc4c3oc3ccccc34)ccc1-2. The summed E-state index contributed by atoms with van der Waals surface area (Å²) in [6.07, 6.45) is 0. The van der Waals surface area contributed by atoms with E-state index in [2.05, 4.69) is 231 Å². The Morgan fingerprint density at radius 3 is 1.65 bits per heavy atom. The van der Waals surface area contributed by atoms with E-state index in [-0.39, 0.29) is 5.41 Å². The molecule has 0 radical (unpaired) electrons. The molecule has 1 aliphatic carbocycles. The molecule has 14 rings (SSSR count). The fraction of sp³-hybridized carbons (Fsp3) is 0.0625. The first-order chi connectivity index (χ1) is 33.4. The van der Waals surface area contributed by atoms with Crippen LogP contribution in [0.1, 0.15) is 30.5 Å². The first-order valence-corrected chi connectivity index (χ1v) is 23.5. The smallest absolute Gasteiger partial charge is 0.159 e. The molecule has 0 amide bonds. The predicted octanol–water partition coefficient (Wildman–Crippen LogP) is 18.5. The maximum Gasteiger partial charge on any atom is 0.159 e. The van der Waals surface area contributed by atoms with Crippen LogP contribution < -0.4 is 9.80 Å². The van der Waals surface area contributed by atoms with Gasteiger partial charge in [0.1, 0.15) is 11.2 Å². The number of furan rings is 2. The fourth-order valence-electron chi connectivity index (χ4n) is 11.6. The van der Waals surface area contributed by atoms with Crippen molar-refractivity contribution in [2.75, 3.05) is 9.80 Å². The van der Waals surface area contributed by atoms with Gasteiger partial charge in [0.15, 0.2) is 11.2 Å². The van der Waals surface area contributed by atoms with Crippen LogP contribution in [0.15, 0.2) is 221 Å². The van der Waals surface area contributed by atoms with Gasteiger partial charge >= 0.3 is 0 Å². The molecule has 0 N–H and O–H groups in total. The lowest BCUT2D eigenvalue weighted by Gasteiger charge is -2.37. The number of fused-ring (bicyclic) bond motifs is 11. The van der Waals surface area contributed by atoms with Crippen molar-refractivity contribution in [3.8, 4) is 11.1 Å². The second-order valence-corrected chi connectivity index (χ2v) is 18.8. The van der Waals surface area contributed by atoms with E-state index < -0.39 is 0 Å². The van der Waals surface area contributed by atoms with E-state index in [9.17, 15) is 0 Å². The summed E-state index contributed by atoms with van der Waals surface area (Å²) >= 11 is 0. The highest BCUT2D eigenvalue weighted by Gasteiger charge is 2.36. The molecule has 0 bridgehead atoms. The van der Waals surface area contributed by atoms with Gasteiger partial charge in [-0.1, -0.05) is 159 Å². The Labute approximate surface area is 393 Å². The van der Waals surface area contributed by atoms with Gasteiger partial charge in [-0.25, -0.2) is 0 Å². The van der Waals surface area contributed by atoms with E-state index in [0.29, 0.717) is 0 Å². The lowest BCUT2D eigenvalue weighted by Crippen LogP contribution is -2.25. The summed E-state index contributed by atoms with van der Waals surface area (Å²) in [4.78, 5) is 4.77. The largest absolute Gasteiger partial charge is 0.454 e. The lowest BCUT2D eigenvalue weighted by molar-refractivity contribution is 0.645. The Kier molecular flexibility index (Phi) is 8.21. The Balaban J connectivity index is 0.984. The van der Waals surface area contributed by atoms with Gasteiger partial charge < -0.3 is 18.6 Å². The van der Waals surface area contributed by atoms with E-state index in [1.807, 2.05) is 12.1 Å². The molecule has 2 heterocycles. The molecule has 2 aromatic heterocycles. The van der Waals surface area contributed by atoms with Crippen molar-refractivity contribution in [2.24, 2.45) is 0 Å². The van der Waals surface area contributed by atoms with Crippen LogP contribution in [0, 0.1) is 6.92 Å². The zero-order valence-corrected chi connectivity index (χ0v) is 37.9. The number of benzene rings is 11. The molecule has 322 valence electrons. The van der Waals surface area contributed by atoms with Crippen LogP contribution in [0.4, 0.5) is 34.1 Å². The third kappa shape index (κ3) is 5.49. The molecule has 0 unspecified atom stereocenters. The highest BCUT2D eigenvalue weighted by atomic mass is 16.3. The molecule has 68 heavy (non-hydrogen) atoms. The topological polar surface area (TPSA) is 32.8 Å². The maximum atomic E-state index is 6.76. The van der Waals surface area contributed by atoms with Crippen LogP contribution in [0.5, 0.6) is 0 Å². The number of aryl methyl sites for hydroxylation is 1. The molecule has 4 heteroatoms. The van der Waals surface area contributed by atoms with Crippen molar-refractivity contribution in [1.82, 2.24) is 0 Å². The minimum Gasteiger partial charge on any atom is -0.454 e. The zero-order chi connectivity index (χ0) is 45.3. The van der Waals surface area contributed by atoms with Crippen molar-refractivity contribution >= 4 is 110 Å². The second-order valence-electron chi connectivity index (χ2n) is 18.8. The minimum absolute atomic E-state index is 0.324. The second kappa shape index (κ2) is 14.4. The quantitative estimate of drug-likeness (QED) is 0.156. The molecule has 1 aliphatic rings. The van der Waals surface area contributed by atoms with Crippen LogP contribution in [0.3, 0.4) is 0 Å². The average molecular weight is 873 g/mol. The summed E-state index contributed by atoms with van der Waals surface area (Å²) in [5, 5.41) is 11.9. The average Bonchev–Trinajstić information content (AvgIpc) is 3.97. The maximum absolute atomic E-state index is 6.76. The van der Waals surface area contributed by atoms with Crippen molar-refractivity contribution in [3.63, 3.8) is 0 Å². The summed E-state index contributed by atoms with van der Waals surface area (Å²) in [6, 6.07) is 76.7. The highest BCUT2D eigenvalue weighted by Crippen LogP contribution is 2.55. The molecule has 4 nitrogen and oxygen atoms in total. The van der Waals surface area contributed by atoms with E-state index in [0.717, 1.165) is 78.0 Å². The van der Waals surface area contributed by atoms with Gasteiger partial charge in [0.05, 0.1) is 17.1 Å². The molecule has 11 aromatic carbocycles. The number of nitrogens with zero attached hydrogens (tertiary/aromatic N) is 2. The standard InChI is InChI=1S/C64H44N2O2/c1-39-44-35-33-42(66(55-28-13-18-40-17-7-8-21-45(40)55)57-30-16-26-50-47-23-10-12-32-59(47)68-63(50)57)37-52(44)48-24-14-27-53-61(48)60(39)51-36-34-43(38-54(51)64(53,2)3)65(41-19-5-4-6-20-41)56-29-15-25-49-46-22-9-11-31-58(46)67-62(49)56/h4-38H,1-3H3. The molecular weight excluding hydrogens is 829 g/mol. The monoisotopic (exact) mass is 872 g/mol. The molecule has 0 saturated carbocycles. The minimum atomic E-state index is -0.324. The summed E-state index contributed by atoms with van der Waals surface area (Å²) in [5.41, 5.74) is 16.0. The number of anilines is 6. The van der Waals surface area contributed by atoms with Crippen molar-refractivity contribution in [1.29, 1.82) is 0 Å². The highest BCUT2D eigenvalue weighted by molar-refractivity contribution is 6.20. The van der Waals surface area contributed by atoms with Gasteiger partial charge in [-0.05, 0) is 128 Å². The Morgan fingerprint density at radius 2 is 0.912 bits per heavy atom. The first kappa shape index (κ1) is 38.6. The molecule has 0 spiro atoms. The van der Waals surface area contributed by atoms with E-state index >= 15 is 0 Å². The van der Waals surface area contributed by atoms with E-state index in [4.69, 9.17) is 8.83 Å². The molecular formula is C64H44N2O2. The van der Waals surface area contributed by atoms with Gasteiger partial charge in [0.25, 0.3) is 0 Å². The van der Waals surface area contributed by atoms with Crippen LogP contribution in [0.2, 0.25) is 0 Å². The molecule has 13 aromatic rings. The lowest BCUT2D eigenvalue weighted by atomic mass is 9.67. The molecule has 0 saturated heterocycles. The van der Waals surface area contributed by atoms with Crippen molar-refractivity contribution < 1.29 is 8.83 Å². The molecule has 0 atom stereocenters. The normalized spacial score (nSPS) is 13.0. The van der Waals surface area contributed by atoms with Gasteiger partial charge in [-0.3, -0.25) is 0 Å². The predicted molar refractivity (Wildman–Crippen MR) is 285 cm³/mol. The Morgan fingerprint density at radius 1 is 0.368 bits per heavy atom. The van der Waals surface area contributed by atoms with E-state index in [1.165, 1.54) is 60.1 Å². The summed E-state index contributed by atoms with van der Waals surface area (Å²) in [5.74, 6) is 0. The Bertz CT molecular complexity index is 4210. The van der Waals surface area contributed by atoms with E-state index in [1.54, 1.807) is 0 Å². The van der Waals surface area contributed by atoms with Crippen LogP contribution in [-0.2, 0) is 5.41 Å². The van der Waals surface area contributed by atoms with Crippen LogP contribution in [0.25, 0.3) is 87.3 Å². The third-order valence-corrected chi connectivity index (χ3v) is 14.8. The zero-order valence-electron chi connectivity index (χ0n) is 37.9. The van der Waals surface area contributed by atoms with Gasteiger partial charge in [-0.2, -0.15) is 0 Å². The van der Waals surface area contributed by atoms with Gasteiger partial charge in [0.2, 0.25) is 0 Å². The van der Waals surface area contributed by atoms with Crippen molar-refractivity contribution in [3.05, 3.63) is 229 Å². The van der Waals surface area contributed by atoms with Crippen LogP contribution >= 0.6 is 0 Å². The number of rotatable bonds is 6. The molecule has 0 aliphatic heterocycles. The number of hydrogen-bond donors (Lipinski definition) is 0. The third-order valence-electron chi connectivity index (χ3n) is 14.8. The fourth-order valence-corrected chi connectivity index (χ4v) is 11.6. The summed E-state index contributed by atoms with van der Waals surface area (Å²) in [7, 11) is 0. The van der Waals surface area contributed by atoms with Gasteiger partial charge in [0, 0.05) is 49.4 Å². The van der Waals surface area contributed by atoms with Crippen molar-refractivity contribution in [2.45, 2.75) is 26.2 Å². The Hall–Kier alpha value is -8.60. The first-order valence-electron chi connectivity index (χ1n) is 23.5. The number of hydrogen-bond acceptors (Lipinski definition) is 4. The van der Waals surface area contributed by atoms with Gasteiger partial charge in [-0.15, -0.1) is 0 Å². The molecule has 0 fully saturated rings. The van der Waals surface area contributed by atoms with Crippen LogP contribution in [-0.4, -0.2) is 0 Å². The summed E-state index contributed by atoms with van der Waals surface area (Å²) in [6.45, 7) is 7.11.